The maximum absolute atomic E-state index is 13.6. The first-order valence-electron chi connectivity index (χ1n) is 9.33. The molecule has 6 heteroatoms. The van der Waals surface area contributed by atoms with Crippen molar-refractivity contribution in [1.29, 1.82) is 0 Å². The molecule has 0 aliphatic carbocycles. The standard InChI is InChI=1S/C23H18FN3OS/c1-28-18-10-7-16(8-11-18)21-14-20(15-5-3-2-4-6-15)26-27(21)23-25-19-12-9-17(24)13-22(19)29-23/h2-13,21H,14H2,1H3. The van der Waals surface area contributed by atoms with Gasteiger partial charge in [-0.05, 0) is 41.5 Å². The van der Waals surface area contributed by atoms with E-state index in [4.69, 9.17) is 14.8 Å². The van der Waals surface area contributed by atoms with Crippen LogP contribution in [0.4, 0.5) is 9.52 Å². The Hall–Kier alpha value is -3.25. The molecule has 1 aliphatic rings. The van der Waals surface area contributed by atoms with Crippen molar-refractivity contribution >= 4 is 32.4 Å². The Morgan fingerprint density at radius 2 is 1.83 bits per heavy atom. The molecule has 4 nitrogen and oxygen atoms in total. The number of rotatable bonds is 4. The Morgan fingerprint density at radius 3 is 2.59 bits per heavy atom. The molecule has 0 amide bonds. The van der Waals surface area contributed by atoms with Crippen molar-refractivity contribution in [2.75, 3.05) is 12.1 Å². The van der Waals surface area contributed by atoms with Crippen LogP contribution in [0.1, 0.15) is 23.6 Å². The van der Waals surface area contributed by atoms with Gasteiger partial charge in [-0.2, -0.15) is 5.10 Å². The van der Waals surface area contributed by atoms with Crippen LogP contribution in [0.5, 0.6) is 5.75 Å². The van der Waals surface area contributed by atoms with Gasteiger partial charge < -0.3 is 4.74 Å². The van der Waals surface area contributed by atoms with E-state index in [9.17, 15) is 4.39 Å². The maximum atomic E-state index is 13.6. The second-order valence-corrected chi connectivity index (χ2v) is 7.87. The Balaban J connectivity index is 1.58. The highest BCUT2D eigenvalue weighted by molar-refractivity contribution is 7.22. The summed E-state index contributed by atoms with van der Waals surface area (Å²) in [5.74, 6) is 0.562. The first-order valence-corrected chi connectivity index (χ1v) is 10.1. The summed E-state index contributed by atoms with van der Waals surface area (Å²) in [5, 5.41) is 7.65. The predicted octanol–water partition coefficient (Wildman–Crippen LogP) is 5.80. The zero-order valence-corrected chi connectivity index (χ0v) is 16.6. The van der Waals surface area contributed by atoms with E-state index >= 15 is 0 Å². The van der Waals surface area contributed by atoms with Crippen LogP contribution in [0, 0.1) is 5.82 Å². The summed E-state index contributed by atoms with van der Waals surface area (Å²) in [4.78, 5) is 4.72. The van der Waals surface area contributed by atoms with Crippen LogP contribution in [0.25, 0.3) is 10.2 Å². The average molecular weight is 403 g/mol. The van der Waals surface area contributed by atoms with E-state index < -0.39 is 0 Å². The number of nitrogens with zero attached hydrogens (tertiary/aromatic N) is 3. The van der Waals surface area contributed by atoms with E-state index in [-0.39, 0.29) is 11.9 Å². The van der Waals surface area contributed by atoms with Gasteiger partial charge >= 0.3 is 0 Å². The molecule has 5 rings (SSSR count). The number of hydrogen-bond acceptors (Lipinski definition) is 5. The van der Waals surface area contributed by atoms with Gasteiger partial charge in [-0.15, -0.1) is 0 Å². The van der Waals surface area contributed by atoms with E-state index in [1.165, 1.54) is 23.5 Å². The van der Waals surface area contributed by atoms with Crippen molar-refractivity contribution in [3.8, 4) is 5.75 Å². The van der Waals surface area contributed by atoms with Crippen LogP contribution < -0.4 is 9.75 Å². The number of thiazole rings is 1. The molecule has 0 radical (unpaired) electrons. The van der Waals surface area contributed by atoms with Crippen molar-refractivity contribution in [1.82, 2.24) is 4.98 Å². The summed E-state index contributed by atoms with van der Waals surface area (Å²) in [6, 6.07) is 22.9. The monoisotopic (exact) mass is 403 g/mol. The van der Waals surface area contributed by atoms with E-state index in [2.05, 4.69) is 24.3 Å². The molecule has 0 bridgehead atoms. The minimum atomic E-state index is -0.255. The molecule has 29 heavy (non-hydrogen) atoms. The van der Waals surface area contributed by atoms with E-state index in [0.717, 1.165) is 44.4 Å². The van der Waals surface area contributed by atoms with Crippen molar-refractivity contribution in [3.05, 3.63) is 89.7 Å². The molecule has 4 aromatic rings. The van der Waals surface area contributed by atoms with Gasteiger partial charge in [-0.25, -0.2) is 14.4 Å². The number of benzene rings is 3. The number of hydrazone groups is 1. The Morgan fingerprint density at radius 1 is 1.03 bits per heavy atom. The number of halogens is 1. The molecule has 3 aromatic carbocycles. The number of hydrogen-bond donors (Lipinski definition) is 0. The highest BCUT2D eigenvalue weighted by Gasteiger charge is 2.31. The third kappa shape index (κ3) is 3.36. The molecule has 0 fully saturated rings. The summed E-state index contributed by atoms with van der Waals surface area (Å²) < 4.78 is 19.8. The van der Waals surface area contributed by atoms with E-state index in [1.807, 2.05) is 35.3 Å². The summed E-state index contributed by atoms with van der Waals surface area (Å²) in [6.45, 7) is 0. The largest absolute Gasteiger partial charge is 0.497 e. The molecular formula is C23H18FN3OS. The molecule has 0 spiro atoms. The van der Waals surface area contributed by atoms with Gasteiger partial charge in [0, 0.05) is 6.42 Å². The lowest BCUT2D eigenvalue weighted by Gasteiger charge is -2.21. The van der Waals surface area contributed by atoms with Crippen LogP contribution >= 0.6 is 11.3 Å². The summed E-state index contributed by atoms with van der Waals surface area (Å²) in [7, 11) is 1.66. The van der Waals surface area contributed by atoms with Crippen molar-refractivity contribution in [3.63, 3.8) is 0 Å². The highest BCUT2D eigenvalue weighted by Crippen LogP contribution is 2.40. The van der Waals surface area contributed by atoms with Crippen LogP contribution in [-0.4, -0.2) is 17.8 Å². The molecule has 0 saturated carbocycles. The number of fused-ring (bicyclic) bond motifs is 1. The number of ether oxygens (including phenoxy) is 1. The van der Waals surface area contributed by atoms with Crippen LogP contribution in [0.15, 0.2) is 77.9 Å². The summed E-state index contributed by atoms with van der Waals surface area (Å²) >= 11 is 1.46. The minimum Gasteiger partial charge on any atom is -0.497 e. The van der Waals surface area contributed by atoms with Crippen molar-refractivity contribution in [2.24, 2.45) is 5.10 Å². The fourth-order valence-electron chi connectivity index (χ4n) is 3.56. The Bertz CT molecular complexity index is 1190. The predicted molar refractivity (Wildman–Crippen MR) is 115 cm³/mol. The van der Waals surface area contributed by atoms with Gasteiger partial charge in [-0.1, -0.05) is 53.8 Å². The summed E-state index contributed by atoms with van der Waals surface area (Å²) in [6.07, 6.45) is 0.765. The van der Waals surface area contributed by atoms with Gasteiger partial charge in [0.2, 0.25) is 5.13 Å². The molecular weight excluding hydrogens is 385 g/mol. The van der Waals surface area contributed by atoms with Gasteiger partial charge in [0.1, 0.15) is 11.6 Å². The molecule has 144 valence electrons. The molecule has 0 N–H and O–H groups in total. The highest BCUT2D eigenvalue weighted by atomic mass is 32.1. The molecule has 1 aliphatic heterocycles. The van der Waals surface area contributed by atoms with E-state index in [1.54, 1.807) is 13.2 Å². The summed E-state index contributed by atoms with van der Waals surface area (Å²) in [5.41, 5.74) is 4.02. The zero-order valence-electron chi connectivity index (χ0n) is 15.7. The third-order valence-corrected chi connectivity index (χ3v) is 6.06. The zero-order chi connectivity index (χ0) is 19.8. The average Bonchev–Trinajstić information content (AvgIpc) is 3.38. The third-order valence-electron chi connectivity index (χ3n) is 5.05. The van der Waals surface area contributed by atoms with Crippen LogP contribution in [0.3, 0.4) is 0 Å². The lowest BCUT2D eigenvalue weighted by Crippen LogP contribution is -2.18. The molecule has 1 atom stereocenters. The normalized spacial score (nSPS) is 16.3. The van der Waals surface area contributed by atoms with Gasteiger partial charge in [0.05, 0.1) is 29.1 Å². The van der Waals surface area contributed by atoms with Gasteiger partial charge in [0.25, 0.3) is 0 Å². The Labute approximate surface area is 171 Å². The van der Waals surface area contributed by atoms with Crippen LogP contribution in [-0.2, 0) is 0 Å². The maximum Gasteiger partial charge on any atom is 0.207 e. The second-order valence-electron chi connectivity index (χ2n) is 6.86. The topological polar surface area (TPSA) is 37.7 Å². The molecule has 0 saturated heterocycles. The fraction of sp³-hybridized carbons (Fsp3) is 0.130. The quantitative estimate of drug-likeness (QED) is 0.432. The second kappa shape index (κ2) is 7.29. The fourth-order valence-corrected chi connectivity index (χ4v) is 4.55. The molecule has 2 heterocycles. The SMILES string of the molecule is COc1ccc(C2CC(c3ccccc3)=NN2c2nc3ccc(F)cc3s2)cc1. The van der Waals surface area contributed by atoms with Gasteiger partial charge in [0.15, 0.2) is 0 Å². The minimum absolute atomic E-state index is 0.0153. The first-order chi connectivity index (χ1) is 14.2. The lowest BCUT2D eigenvalue weighted by molar-refractivity contribution is 0.414. The smallest absolute Gasteiger partial charge is 0.207 e. The number of anilines is 1. The number of aromatic nitrogens is 1. The van der Waals surface area contributed by atoms with Crippen molar-refractivity contribution < 1.29 is 9.13 Å². The lowest BCUT2D eigenvalue weighted by atomic mass is 9.98. The molecule has 1 unspecified atom stereocenters. The first kappa shape index (κ1) is 17.8. The number of methoxy groups -OCH3 is 1. The van der Waals surface area contributed by atoms with Crippen LogP contribution in [0.2, 0.25) is 0 Å². The van der Waals surface area contributed by atoms with E-state index in [0.29, 0.717) is 0 Å². The molecule has 1 aromatic heterocycles. The van der Waals surface area contributed by atoms with Gasteiger partial charge in [-0.3, -0.25) is 0 Å². The Kier molecular flexibility index (Phi) is 4.48. The van der Waals surface area contributed by atoms with Crippen molar-refractivity contribution in [2.45, 2.75) is 12.5 Å².